The van der Waals surface area contributed by atoms with Crippen molar-refractivity contribution in [2.75, 3.05) is 33.4 Å². The SMILES string of the molecule is COCCN(CC=C(C)C(=O)O)CC(C)C. The van der Waals surface area contributed by atoms with Crippen LogP contribution in [-0.4, -0.2) is 49.3 Å². The monoisotopic (exact) mass is 229 g/mol. The lowest BCUT2D eigenvalue weighted by molar-refractivity contribution is -0.132. The number of carboxylic acid groups (broad SMARTS) is 1. The van der Waals surface area contributed by atoms with Gasteiger partial charge in [-0.2, -0.15) is 0 Å². The summed E-state index contributed by atoms with van der Waals surface area (Å²) in [5.74, 6) is -0.286. The van der Waals surface area contributed by atoms with Gasteiger partial charge in [0, 0.05) is 32.3 Å². The molecule has 0 spiro atoms. The largest absolute Gasteiger partial charge is 0.478 e. The summed E-state index contributed by atoms with van der Waals surface area (Å²) in [6.07, 6.45) is 1.75. The van der Waals surface area contributed by atoms with Crippen LogP contribution in [0.1, 0.15) is 20.8 Å². The van der Waals surface area contributed by atoms with Crippen LogP contribution in [0.3, 0.4) is 0 Å². The standard InChI is InChI=1S/C12H23NO3/c1-10(2)9-13(7-8-16-4)6-5-11(3)12(14)15/h5,10H,6-9H2,1-4H3,(H,14,15). The third-order valence-corrected chi connectivity index (χ3v) is 2.23. The number of hydrogen-bond donors (Lipinski definition) is 1. The summed E-state index contributed by atoms with van der Waals surface area (Å²) in [6.45, 7) is 9.03. The summed E-state index contributed by atoms with van der Waals surface area (Å²) in [7, 11) is 1.67. The molecule has 0 aromatic rings. The van der Waals surface area contributed by atoms with E-state index in [-0.39, 0.29) is 0 Å². The quantitative estimate of drug-likeness (QED) is 0.643. The number of hydrogen-bond acceptors (Lipinski definition) is 3. The summed E-state index contributed by atoms with van der Waals surface area (Å²) in [4.78, 5) is 12.8. The molecule has 0 unspecified atom stereocenters. The molecule has 0 fully saturated rings. The van der Waals surface area contributed by atoms with E-state index < -0.39 is 5.97 Å². The molecule has 0 aromatic carbocycles. The summed E-state index contributed by atoms with van der Waals surface area (Å²) in [5, 5.41) is 8.74. The molecular formula is C12H23NO3. The van der Waals surface area contributed by atoms with Gasteiger partial charge in [-0.25, -0.2) is 4.79 Å². The van der Waals surface area contributed by atoms with Gasteiger partial charge in [0.05, 0.1) is 6.61 Å². The highest BCUT2D eigenvalue weighted by Gasteiger charge is 2.07. The van der Waals surface area contributed by atoms with Crippen LogP contribution in [0, 0.1) is 5.92 Å². The van der Waals surface area contributed by atoms with Crippen molar-refractivity contribution >= 4 is 5.97 Å². The lowest BCUT2D eigenvalue weighted by atomic mass is 10.2. The average Bonchev–Trinajstić information content (AvgIpc) is 2.20. The van der Waals surface area contributed by atoms with Gasteiger partial charge in [-0.1, -0.05) is 19.9 Å². The third-order valence-electron chi connectivity index (χ3n) is 2.23. The second-order valence-electron chi connectivity index (χ2n) is 4.34. The molecule has 0 aliphatic rings. The van der Waals surface area contributed by atoms with E-state index in [2.05, 4.69) is 18.7 Å². The molecule has 0 amide bonds. The van der Waals surface area contributed by atoms with Crippen molar-refractivity contribution in [1.82, 2.24) is 4.90 Å². The molecule has 0 aromatic heterocycles. The van der Waals surface area contributed by atoms with E-state index in [0.29, 0.717) is 24.6 Å². The smallest absolute Gasteiger partial charge is 0.330 e. The van der Waals surface area contributed by atoms with Gasteiger partial charge in [-0.15, -0.1) is 0 Å². The number of aliphatic carboxylic acids is 1. The number of carbonyl (C=O) groups is 1. The molecule has 0 saturated heterocycles. The Balaban J connectivity index is 4.19. The fourth-order valence-corrected chi connectivity index (χ4v) is 1.35. The van der Waals surface area contributed by atoms with Crippen molar-refractivity contribution in [1.29, 1.82) is 0 Å². The number of nitrogens with zero attached hydrogens (tertiary/aromatic N) is 1. The first kappa shape index (κ1) is 15.1. The minimum Gasteiger partial charge on any atom is -0.478 e. The molecular weight excluding hydrogens is 206 g/mol. The Labute approximate surface area is 97.9 Å². The van der Waals surface area contributed by atoms with Gasteiger partial charge in [0.15, 0.2) is 0 Å². The van der Waals surface area contributed by atoms with Crippen LogP contribution < -0.4 is 0 Å². The van der Waals surface area contributed by atoms with Gasteiger partial charge in [0.1, 0.15) is 0 Å². The van der Waals surface area contributed by atoms with E-state index >= 15 is 0 Å². The zero-order valence-corrected chi connectivity index (χ0v) is 10.7. The highest BCUT2D eigenvalue weighted by molar-refractivity contribution is 5.85. The zero-order chi connectivity index (χ0) is 12.6. The van der Waals surface area contributed by atoms with Crippen molar-refractivity contribution in [3.63, 3.8) is 0 Å². The molecule has 0 aliphatic heterocycles. The van der Waals surface area contributed by atoms with Gasteiger partial charge in [0.25, 0.3) is 0 Å². The summed E-state index contributed by atoms with van der Waals surface area (Å²) in [6, 6.07) is 0. The fraction of sp³-hybridized carbons (Fsp3) is 0.750. The first-order valence-corrected chi connectivity index (χ1v) is 5.58. The Morgan fingerprint density at radius 2 is 2.12 bits per heavy atom. The molecule has 0 radical (unpaired) electrons. The Bertz CT molecular complexity index is 236. The Kier molecular flexibility index (Phi) is 7.85. The summed E-state index contributed by atoms with van der Waals surface area (Å²) >= 11 is 0. The number of carboxylic acids is 1. The highest BCUT2D eigenvalue weighted by Crippen LogP contribution is 2.01. The second-order valence-corrected chi connectivity index (χ2v) is 4.34. The lowest BCUT2D eigenvalue weighted by Crippen LogP contribution is -2.31. The maximum atomic E-state index is 10.6. The van der Waals surface area contributed by atoms with Crippen molar-refractivity contribution in [3.8, 4) is 0 Å². The van der Waals surface area contributed by atoms with Gasteiger partial charge in [0.2, 0.25) is 0 Å². The van der Waals surface area contributed by atoms with Crippen LogP contribution in [0.4, 0.5) is 0 Å². The number of methoxy groups -OCH3 is 1. The second kappa shape index (κ2) is 8.30. The van der Waals surface area contributed by atoms with Crippen molar-refractivity contribution < 1.29 is 14.6 Å². The molecule has 94 valence electrons. The first-order valence-electron chi connectivity index (χ1n) is 5.58. The Hall–Kier alpha value is -0.870. The van der Waals surface area contributed by atoms with E-state index in [1.165, 1.54) is 0 Å². The third kappa shape index (κ3) is 7.43. The Morgan fingerprint density at radius 3 is 2.56 bits per heavy atom. The molecule has 4 heteroatoms. The van der Waals surface area contributed by atoms with E-state index in [0.717, 1.165) is 13.1 Å². The van der Waals surface area contributed by atoms with Crippen LogP contribution in [-0.2, 0) is 9.53 Å². The van der Waals surface area contributed by atoms with Crippen LogP contribution in [0.15, 0.2) is 11.6 Å². The van der Waals surface area contributed by atoms with Crippen molar-refractivity contribution in [2.24, 2.45) is 5.92 Å². The summed E-state index contributed by atoms with van der Waals surface area (Å²) in [5.41, 5.74) is 0.395. The molecule has 0 atom stereocenters. The summed E-state index contributed by atoms with van der Waals surface area (Å²) < 4.78 is 5.03. The fourth-order valence-electron chi connectivity index (χ4n) is 1.35. The molecule has 16 heavy (non-hydrogen) atoms. The van der Waals surface area contributed by atoms with Crippen LogP contribution in [0.2, 0.25) is 0 Å². The van der Waals surface area contributed by atoms with Crippen LogP contribution >= 0.6 is 0 Å². The minimum absolute atomic E-state index is 0.395. The van der Waals surface area contributed by atoms with Crippen LogP contribution in [0.5, 0.6) is 0 Å². The van der Waals surface area contributed by atoms with E-state index in [9.17, 15) is 4.79 Å². The molecule has 0 bridgehead atoms. The van der Waals surface area contributed by atoms with Crippen LogP contribution in [0.25, 0.3) is 0 Å². The highest BCUT2D eigenvalue weighted by atomic mass is 16.5. The molecule has 0 heterocycles. The molecule has 0 rings (SSSR count). The van der Waals surface area contributed by atoms with Gasteiger partial charge in [-0.3, -0.25) is 4.90 Å². The van der Waals surface area contributed by atoms with E-state index in [4.69, 9.17) is 9.84 Å². The lowest BCUT2D eigenvalue weighted by Gasteiger charge is -2.22. The first-order chi connectivity index (χ1) is 7.47. The molecule has 0 saturated carbocycles. The minimum atomic E-state index is -0.851. The normalized spacial score (nSPS) is 12.5. The topological polar surface area (TPSA) is 49.8 Å². The predicted molar refractivity (Wildman–Crippen MR) is 64.5 cm³/mol. The van der Waals surface area contributed by atoms with Gasteiger partial charge in [-0.05, 0) is 12.8 Å². The number of rotatable bonds is 8. The molecule has 1 N–H and O–H groups in total. The van der Waals surface area contributed by atoms with E-state index in [1.54, 1.807) is 20.1 Å². The zero-order valence-electron chi connectivity index (χ0n) is 10.7. The Morgan fingerprint density at radius 1 is 1.50 bits per heavy atom. The maximum Gasteiger partial charge on any atom is 0.330 e. The van der Waals surface area contributed by atoms with Crippen molar-refractivity contribution in [3.05, 3.63) is 11.6 Å². The molecule has 0 aliphatic carbocycles. The molecule has 4 nitrogen and oxygen atoms in total. The average molecular weight is 229 g/mol. The van der Waals surface area contributed by atoms with E-state index in [1.807, 2.05) is 0 Å². The van der Waals surface area contributed by atoms with Gasteiger partial charge < -0.3 is 9.84 Å². The van der Waals surface area contributed by atoms with Gasteiger partial charge >= 0.3 is 5.97 Å². The number of ether oxygens (including phenoxy) is 1. The predicted octanol–water partition coefficient (Wildman–Crippen LogP) is 1.62. The maximum absolute atomic E-state index is 10.6. The van der Waals surface area contributed by atoms with Crippen molar-refractivity contribution in [2.45, 2.75) is 20.8 Å².